The fourth-order valence-corrected chi connectivity index (χ4v) is 3.18. The summed E-state index contributed by atoms with van der Waals surface area (Å²) < 4.78 is 4.91. The van der Waals surface area contributed by atoms with E-state index in [0.29, 0.717) is 25.4 Å². The van der Waals surface area contributed by atoms with Crippen LogP contribution in [0.4, 0.5) is 0 Å². The number of hydrogen-bond acceptors (Lipinski definition) is 3. The molecule has 4 nitrogen and oxygen atoms in total. The molecule has 0 bridgehead atoms. The van der Waals surface area contributed by atoms with E-state index < -0.39 is 5.97 Å². The van der Waals surface area contributed by atoms with Gasteiger partial charge in [0.15, 0.2) is 0 Å². The third-order valence-corrected chi connectivity index (χ3v) is 4.96. The lowest BCUT2D eigenvalue weighted by atomic mass is 10.0. The number of aliphatic carboxylic acids is 1. The van der Waals surface area contributed by atoms with Crippen molar-refractivity contribution in [1.29, 1.82) is 0 Å². The zero-order valence-corrected chi connectivity index (χ0v) is 20.0. The number of carbonyl (C=O) groups excluding carboxylic acids is 1. The summed E-state index contributed by atoms with van der Waals surface area (Å²) >= 11 is 0. The van der Waals surface area contributed by atoms with Crippen molar-refractivity contribution in [2.75, 3.05) is 6.61 Å². The number of esters is 1. The van der Waals surface area contributed by atoms with Gasteiger partial charge in [0.2, 0.25) is 0 Å². The van der Waals surface area contributed by atoms with E-state index in [-0.39, 0.29) is 5.97 Å². The van der Waals surface area contributed by atoms with E-state index in [2.05, 4.69) is 20.8 Å². The Labute approximate surface area is 181 Å². The number of carbonyl (C=O) groups is 2. The topological polar surface area (TPSA) is 63.6 Å². The van der Waals surface area contributed by atoms with E-state index in [9.17, 15) is 9.59 Å². The lowest BCUT2D eigenvalue weighted by molar-refractivity contribution is -0.143. The Morgan fingerprint density at radius 3 is 1.52 bits per heavy atom. The van der Waals surface area contributed by atoms with Crippen molar-refractivity contribution in [1.82, 2.24) is 0 Å². The molecule has 0 aromatic heterocycles. The van der Waals surface area contributed by atoms with Gasteiger partial charge in [-0.05, 0) is 25.7 Å². The first-order valence-corrected chi connectivity index (χ1v) is 12.3. The van der Waals surface area contributed by atoms with Crippen molar-refractivity contribution in [2.24, 2.45) is 5.92 Å². The summed E-state index contributed by atoms with van der Waals surface area (Å²) in [5, 5.41) is 8.23. The molecule has 0 saturated carbocycles. The highest BCUT2D eigenvalue weighted by Gasteiger charge is 2.00. The number of carboxylic acid groups (broad SMARTS) is 1. The molecule has 0 spiro atoms. The minimum absolute atomic E-state index is 0.0319. The Kier molecular flexibility index (Phi) is 26.0. The molecule has 0 unspecified atom stereocenters. The van der Waals surface area contributed by atoms with Gasteiger partial charge in [-0.1, -0.05) is 104 Å². The standard InChI is InChI=1S/C18H36O2.C7H14O2/c1-3-5-6-7-8-9-10-11-12-13-14-15-16-17-18(19)20-4-2;1-6(2)4-3-5-7(8)9/h3-17H2,1-2H3;6H,3-5H2,1-2H3,(H,8,9). The van der Waals surface area contributed by atoms with E-state index >= 15 is 0 Å². The second-order valence-electron chi connectivity index (χ2n) is 8.48. The number of rotatable bonds is 19. The fourth-order valence-electron chi connectivity index (χ4n) is 3.18. The maximum atomic E-state index is 11.1. The van der Waals surface area contributed by atoms with Crippen LogP contribution in [0.3, 0.4) is 0 Å². The van der Waals surface area contributed by atoms with Crippen molar-refractivity contribution < 1.29 is 19.4 Å². The molecule has 0 saturated heterocycles. The van der Waals surface area contributed by atoms with Crippen LogP contribution in [0.2, 0.25) is 0 Å². The van der Waals surface area contributed by atoms with Crippen LogP contribution in [0.5, 0.6) is 0 Å². The maximum absolute atomic E-state index is 11.1. The minimum atomic E-state index is -0.685. The second-order valence-corrected chi connectivity index (χ2v) is 8.48. The van der Waals surface area contributed by atoms with Gasteiger partial charge in [0.25, 0.3) is 0 Å². The van der Waals surface area contributed by atoms with E-state index in [0.717, 1.165) is 19.3 Å². The van der Waals surface area contributed by atoms with Gasteiger partial charge < -0.3 is 9.84 Å². The van der Waals surface area contributed by atoms with Crippen LogP contribution < -0.4 is 0 Å². The molecule has 29 heavy (non-hydrogen) atoms. The van der Waals surface area contributed by atoms with Gasteiger partial charge in [-0.3, -0.25) is 9.59 Å². The molecule has 0 rings (SSSR count). The van der Waals surface area contributed by atoms with Crippen LogP contribution in [-0.4, -0.2) is 23.7 Å². The predicted octanol–water partition coefficient (Wildman–Crippen LogP) is 7.93. The highest BCUT2D eigenvalue weighted by molar-refractivity contribution is 5.69. The van der Waals surface area contributed by atoms with Gasteiger partial charge in [-0.15, -0.1) is 0 Å². The first-order chi connectivity index (χ1) is 13.9. The second kappa shape index (κ2) is 25.0. The van der Waals surface area contributed by atoms with Crippen LogP contribution in [0.25, 0.3) is 0 Å². The summed E-state index contributed by atoms with van der Waals surface area (Å²) in [5.74, 6) is -0.0874. The van der Waals surface area contributed by atoms with Crippen LogP contribution in [-0.2, 0) is 14.3 Å². The Morgan fingerprint density at radius 2 is 1.14 bits per heavy atom. The Balaban J connectivity index is 0. The lowest BCUT2D eigenvalue weighted by Gasteiger charge is -2.03. The summed E-state index contributed by atoms with van der Waals surface area (Å²) in [5.41, 5.74) is 0. The third kappa shape index (κ3) is 31.8. The van der Waals surface area contributed by atoms with E-state index in [1.54, 1.807) is 0 Å². The molecule has 1 N–H and O–H groups in total. The zero-order chi connectivity index (χ0) is 22.2. The smallest absolute Gasteiger partial charge is 0.305 e. The monoisotopic (exact) mass is 414 g/mol. The molecule has 0 atom stereocenters. The summed E-state index contributed by atoms with van der Waals surface area (Å²) in [6.45, 7) is 8.84. The summed E-state index contributed by atoms with van der Waals surface area (Å²) in [4.78, 5) is 21.1. The minimum Gasteiger partial charge on any atom is -0.481 e. The largest absolute Gasteiger partial charge is 0.481 e. The van der Waals surface area contributed by atoms with Crippen LogP contribution in [0.1, 0.15) is 137 Å². The molecule has 0 heterocycles. The maximum Gasteiger partial charge on any atom is 0.305 e. The predicted molar refractivity (Wildman–Crippen MR) is 123 cm³/mol. The van der Waals surface area contributed by atoms with Crippen molar-refractivity contribution >= 4 is 11.9 Å². The number of unbranched alkanes of at least 4 members (excludes halogenated alkanes) is 12. The Morgan fingerprint density at radius 1 is 0.690 bits per heavy atom. The molecule has 0 aromatic carbocycles. The van der Waals surface area contributed by atoms with E-state index in [1.807, 2.05) is 6.92 Å². The third-order valence-electron chi connectivity index (χ3n) is 4.96. The highest BCUT2D eigenvalue weighted by Crippen LogP contribution is 2.13. The normalized spacial score (nSPS) is 10.5. The number of ether oxygens (including phenoxy) is 1. The van der Waals surface area contributed by atoms with Gasteiger partial charge in [-0.25, -0.2) is 0 Å². The van der Waals surface area contributed by atoms with Crippen LogP contribution in [0, 0.1) is 5.92 Å². The van der Waals surface area contributed by atoms with Crippen molar-refractivity contribution in [3.63, 3.8) is 0 Å². The molecule has 0 aliphatic carbocycles. The summed E-state index contributed by atoms with van der Waals surface area (Å²) in [7, 11) is 0. The molecule has 4 heteroatoms. The Bertz CT molecular complexity index is 353. The fraction of sp³-hybridized carbons (Fsp3) is 0.920. The molecular formula is C25H50O4. The van der Waals surface area contributed by atoms with Gasteiger partial charge in [0.05, 0.1) is 6.61 Å². The molecule has 0 aliphatic heterocycles. The first kappa shape index (κ1) is 30.1. The number of carboxylic acids is 1. The molecular weight excluding hydrogens is 364 g/mol. The molecule has 0 amide bonds. The zero-order valence-electron chi connectivity index (χ0n) is 20.0. The number of hydrogen-bond donors (Lipinski definition) is 1. The Hall–Kier alpha value is -1.06. The molecule has 0 fully saturated rings. The quantitative estimate of drug-likeness (QED) is 0.172. The van der Waals surface area contributed by atoms with Crippen molar-refractivity contribution in [3.05, 3.63) is 0 Å². The van der Waals surface area contributed by atoms with E-state index in [1.165, 1.54) is 77.0 Å². The average Bonchev–Trinajstić information content (AvgIpc) is 2.65. The SMILES string of the molecule is CC(C)CCCC(=O)O.CCCCCCCCCCCCCCCC(=O)OCC. The van der Waals surface area contributed by atoms with E-state index in [4.69, 9.17) is 9.84 Å². The van der Waals surface area contributed by atoms with Crippen molar-refractivity contribution in [2.45, 2.75) is 137 Å². The van der Waals surface area contributed by atoms with Gasteiger partial charge in [-0.2, -0.15) is 0 Å². The van der Waals surface area contributed by atoms with Crippen LogP contribution >= 0.6 is 0 Å². The molecule has 0 aromatic rings. The summed E-state index contributed by atoms with van der Waals surface area (Å²) in [6, 6.07) is 0. The van der Waals surface area contributed by atoms with Gasteiger partial charge in [0, 0.05) is 12.8 Å². The molecule has 174 valence electrons. The van der Waals surface area contributed by atoms with Crippen molar-refractivity contribution in [3.8, 4) is 0 Å². The average molecular weight is 415 g/mol. The van der Waals surface area contributed by atoms with Gasteiger partial charge in [0.1, 0.15) is 0 Å². The lowest BCUT2D eigenvalue weighted by Crippen LogP contribution is -2.03. The highest BCUT2D eigenvalue weighted by atomic mass is 16.5. The van der Waals surface area contributed by atoms with Gasteiger partial charge >= 0.3 is 11.9 Å². The molecule has 0 aliphatic rings. The van der Waals surface area contributed by atoms with Crippen LogP contribution in [0.15, 0.2) is 0 Å². The first-order valence-electron chi connectivity index (χ1n) is 12.3. The summed E-state index contributed by atoms with van der Waals surface area (Å²) in [6.07, 6.45) is 20.2. The molecule has 0 radical (unpaired) electrons.